The van der Waals surface area contributed by atoms with Crippen molar-refractivity contribution in [2.45, 2.75) is 50.2 Å². The van der Waals surface area contributed by atoms with E-state index >= 15 is 0 Å². The van der Waals surface area contributed by atoms with Gasteiger partial charge < -0.3 is 9.26 Å². The SMILES string of the molecule is Cc1cc(COC(=O)c2cccc(S(=O)(=O)NC3CCCC3)c2)no1. The van der Waals surface area contributed by atoms with Crippen molar-refractivity contribution in [3.8, 4) is 0 Å². The van der Waals surface area contributed by atoms with E-state index in [1.807, 2.05) is 0 Å². The lowest BCUT2D eigenvalue weighted by Gasteiger charge is -2.13. The summed E-state index contributed by atoms with van der Waals surface area (Å²) in [4.78, 5) is 12.2. The van der Waals surface area contributed by atoms with Crippen LogP contribution in [0.3, 0.4) is 0 Å². The number of aromatic nitrogens is 1. The third-order valence-corrected chi connectivity index (χ3v) is 5.60. The minimum absolute atomic E-state index is 0.0315. The van der Waals surface area contributed by atoms with Crippen LogP contribution in [0.1, 0.15) is 47.5 Å². The van der Waals surface area contributed by atoms with Gasteiger partial charge in [-0.2, -0.15) is 0 Å². The van der Waals surface area contributed by atoms with Crippen molar-refractivity contribution in [1.29, 1.82) is 0 Å². The summed E-state index contributed by atoms with van der Waals surface area (Å²) in [5.74, 6) is 0.00990. The molecular weight excluding hydrogens is 344 g/mol. The van der Waals surface area contributed by atoms with Crippen LogP contribution in [0, 0.1) is 6.92 Å². The first kappa shape index (κ1) is 17.6. The van der Waals surface area contributed by atoms with Crippen LogP contribution in [0.2, 0.25) is 0 Å². The van der Waals surface area contributed by atoms with Crippen LogP contribution in [-0.4, -0.2) is 25.6 Å². The highest BCUT2D eigenvalue weighted by Gasteiger charge is 2.23. The molecular formula is C17H20N2O5S. The molecule has 2 aromatic rings. The van der Waals surface area contributed by atoms with Gasteiger partial charge in [-0.1, -0.05) is 24.1 Å². The number of carbonyl (C=O) groups is 1. The largest absolute Gasteiger partial charge is 0.455 e. The highest BCUT2D eigenvalue weighted by molar-refractivity contribution is 7.89. The Labute approximate surface area is 146 Å². The molecule has 3 rings (SSSR count). The molecule has 1 fully saturated rings. The van der Waals surface area contributed by atoms with Gasteiger partial charge in [0.2, 0.25) is 10.0 Å². The van der Waals surface area contributed by atoms with Crippen LogP contribution in [-0.2, 0) is 21.4 Å². The summed E-state index contributed by atoms with van der Waals surface area (Å²) in [6, 6.07) is 7.48. The Morgan fingerprint density at radius 3 is 2.76 bits per heavy atom. The molecule has 0 unspecified atom stereocenters. The summed E-state index contributed by atoms with van der Waals surface area (Å²) in [7, 11) is -3.65. The van der Waals surface area contributed by atoms with Crippen LogP contribution in [0.4, 0.5) is 0 Å². The smallest absolute Gasteiger partial charge is 0.338 e. The minimum Gasteiger partial charge on any atom is -0.455 e. The van der Waals surface area contributed by atoms with Crippen LogP contribution >= 0.6 is 0 Å². The second-order valence-corrected chi connectivity index (χ2v) is 7.85. The standard InChI is InChI=1S/C17H20N2O5S/c1-12-9-15(18-24-12)11-23-17(20)13-5-4-8-16(10-13)25(21,22)19-14-6-2-3-7-14/h4-5,8-10,14,19H,2-3,6-7,11H2,1H3. The number of rotatable bonds is 6. The van der Waals surface area contributed by atoms with Crippen LogP contribution in [0.25, 0.3) is 0 Å². The fourth-order valence-electron chi connectivity index (χ4n) is 2.83. The molecule has 1 N–H and O–H groups in total. The number of nitrogens with one attached hydrogen (secondary N) is 1. The molecule has 0 amide bonds. The minimum atomic E-state index is -3.65. The van der Waals surface area contributed by atoms with Crippen LogP contribution in [0.15, 0.2) is 39.8 Å². The fourth-order valence-corrected chi connectivity index (χ4v) is 4.18. The van der Waals surface area contributed by atoms with E-state index in [9.17, 15) is 13.2 Å². The zero-order valence-electron chi connectivity index (χ0n) is 13.9. The molecule has 0 bridgehead atoms. The molecule has 0 radical (unpaired) electrons. The maximum Gasteiger partial charge on any atom is 0.338 e. The Morgan fingerprint density at radius 2 is 2.08 bits per heavy atom. The van der Waals surface area contributed by atoms with Crippen molar-refractivity contribution in [2.24, 2.45) is 0 Å². The number of sulfonamides is 1. The summed E-state index contributed by atoms with van der Waals surface area (Å²) < 4.78 is 37.7. The molecule has 134 valence electrons. The molecule has 1 aliphatic rings. The lowest BCUT2D eigenvalue weighted by atomic mass is 10.2. The topological polar surface area (TPSA) is 98.5 Å². The molecule has 25 heavy (non-hydrogen) atoms. The number of esters is 1. The Bertz CT molecular complexity index is 853. The highest BCUT2D eigenvalue weighted by atomic mass is 32.2. The first-order valence-corrected chi connectivity index (χ1v) is 9.64. The molecule has 7 nitrogen and oxygen atoms in total. The van der Waals surface area contributed by atoms with E-state index in [1.54, 1.807) is 13.0 Å². The van der Waals surface area contributed by atoms with E-state index in [2.05, 4.69) is 9.88 Å². The van der Waals surface area contributed by atoms with Gasteiger partial charge in [0.25, 0.3) is 0 Å². The first-order valence-electron chi connectivity index (χ1n) is 8.16. The van der Waals surface area contributed by atoms with E-state index in [4.69, 9.17) is 9.26 Å². The van der Waals surface area contributed by atoms with Crippen LogP contribution < -0.4 is 4.72 Å². The van der Waals surface area contributed by atoms with Crippen molar-refractivity contribution in [1.82, 2.24) is 9.88 Å². The quantitative estimate of drug-likeness (QED) is 0.791. The first-order chi connectivity index (χ1) is 11.9. The van der Waals surface area contributed by atoms with Gasteiger partial charge in [-0.3, -0.25) is 0 Å². The van der Waals surface area contributed by atoms with E-state index < -0.39 is 16.0 Å². The molecule has 0 spiro atoms. The Morgan fingerprint density at radius 1 is 1.32 bits per heavy atom. The number of aryl methyl sites for hydroxylation is 1. The summed E-state index contributed by atoms with van der Waals surface area (Å²) in [6.07, 6.45) is 3.75. The number of nitrogens with zero attached hydrogens (tertiary/aromatic N) is 1. The Balaban J connectivity index is 1.68. The van der Waals surface area contributed by atoms with E-state index in [0.717, 1.165) is 25.7 Å². The third-order valence-electron chi connectivity index (χ3n) is 4.08. The number of ether oxygens (including phenoxy) is 1. The molecule has 8 heteroatoms. The molecule has 0 aliphatic heterocycles. The number of hydrogen-bond acceptors (Lipinski definition) is 6. The van der Waals surface area contributed by atoms with Gasteiger partial charge in [-0.05, 0) is 38.0 Å². The fraction of sp³-hybridized carbons (Fsp3) is 0.412. The third kappa shape index (κ3) is 4.46. The average molecular weight is 364 g/mol. The van der Waals surface area contributed by atoms with Gasteiger partial charge in [0.05, 0.1) is 10.5 Å². The van der Waals surface area contributed by atoms with E-state index in [0.29, 0.717) is 11.5 Å². The molecule has 1 aromatic carbocycles. The summed E-state index contributed by atoms with van der Waals surface area (Å²) in [6.45, 7) is 1.71. The van der Waals surface area contributed by atoms with E-state index in [1.165, 1.54) is 24.3 Å². The molecule has 1 saturated carbocycles. The predicted molar refractivity (Wildman–Crippen MR) is 89.4 cm³/mol. The zero-order valence-corrected chi connectivity index (χ0v) is 14.7. The Kier molecular flexibility index (Phi) is 5.19. The molecule has 1 heterocycles. The number of hydrogen-bond donors (Lipinski definition) is 1. The van der Waals surface area contributed by atoms with Gasteiger partial charge >= 0.3 is 5.97 Å². The van der Waals surface area contributed by atoms with Crippen molar-refractivity contribution in [3.63, 3.8) is 0 Å². The molecule has 1 aromatic heterocycles. The molecule has 0 atom stereocenters. The second kappa shape index (κ2) is 7.37. The van der Waals surface area contributed by atoms with Gasteiger partial charge in [0, 0.05) is 12.1 Å². The van der Waals surface area contributed by atoms with Crippen molar-refractivity contribution < 1.29 is 22.5 Å². The molecule has 1 aliphatic carbocycles. The maximum atomic E-state index is 12.5. The summed E-state index contributed by atoms with van der Waals surface area (Å²) in [5, 5.41) is 3.74. The Hall–Kier alpha value is -2.19. The average Bonchev–Trinajstić information content (AvgIpc) is 3.24. The van der Waals surface area contributed by atoms with Gasteiger partial charge in [-0.25, -0.2) is 17.9 Å². The molecule has 0 saturated heterocycles. The monoisotopic (exact) mass is 364 g/mol. The highest BCUT2D eigenvalue weighted by Crippen LogP contribution is 2.21. The van der Waals surface area contributed by atoms with Gasteiger partial charge in [-0.15, -0.1) is 0 Å². The van der Waals surface area contributed by atoms with Crippen molar-refractivity contribution >= 4 is 16.0 Å². The zero-order chi connectivity index (χ0) is 17.9. The van der Waals surface area contributed by atoms with Gasteiger partial charge in [0.15, 0.2) is 0 Å². The number of carbonyl (C=O) groups excluding carboxylic acids is 1. The normalized spacial score (nSPS) is 15.4. The second-order valence-electron chi connectivity index (χ2n) is 6.14. The predicted octanol–water partition coefficient (Wildman–Crippen LogP) is 2.56. The van der Waals surface area contributed by atoms with Crippen molar-refractivity contribution in [2.75, 3.05) is 0 Å². The van der Waals surface area contributed by atoms with Crippen LogP contribution in [0.5, 0.6) is 0 Å². The van der Waals surface area contributed by atoms with E-state index in [-0.39, 0.29) is 23.1 Å². The van der Waals surface area contributed by atoms with Crippen molar-refractivity contribution in [3.05, 3.63) is 47.3 Å². The number of benzene rings is 1. The summed E-state index contributed by atoms with van der Waals surface area (Å²) in [5.41, 5.74) is 0.673. The van der Waals surface area contributed by atoms with Gasteiger partial charge in [0.1, 0.15) is 18.1 Å². The maximum absolute atomic E-state index is 12.5. The summed E-state index contributed by atoms with van der Waals surface area (Å²) >= 11 is 0. The lowest BCUT2D eigenvalue weighted by Crippen LogP contribution is -2.32. The lowest BCUT2D eigenvalue weighted by molar-refractivity contribution is 0.0464.